The summed E-state index contributed by atoms with van der Waals surface area (Å²) in [5.41, 5.74) is 0.432. The van der Waals surface area contributed by atoms with E-state index in [-0.39, 0.29) is 18.0 Å². The Morgan fingerprint density at radius 3 is 2.19 bits per heavy atom. The highest BCUT2D eigenvalue weighted by Crippen LogP contribution is 2.28. The van der Waals surface area contributed by atoms with Crippen LogP contribution in [0.15, 0.2) is 47.4 Å². The number of carbonyl (C=O) groups is 1. The largest absolute Gasteiger partial charge is 0.355 e. The summed E-state index contributed by atoms with van der Waals surface area (Å²) in [4.78, 5) is 12.2. The molecular formula is C18H19Cl3N2O3S. The van der Waals surface area contributed by atoms with E-state index >= 15 is 0 Å². The zero-order chi connectivity index (χ0) is 20.0. The molecule has 5 nitrogen and oxygen atoms in total. The quantitative estimate of drug-likeness (QED) is 0.651. The minimum absolute atomic E-state index is 0.0263. The average Bonchev–Trinajstić information content (AvgIpc) is 2.62. The first-order valence-corrected chi connectivity index (χ1v) is 10.8. The number of halogens is 3. The molecule has 0 bridgehead atoms. The van der Waals surface area contributed by atoms with Crippen LogP contribution in [0.25, 0.3) is 0 Å². The molecule has 1 amide bonds. The van der Waals surface area contributed by atoms with E-state index in [9.17, 15) is 13.2 Å². The molecule has 0 spiro atoms. The number of nitrogens with zero attached hydrogens (tertiary/aromatic N) is 1. The van der Waals surface area contributed by atoms with Crippen LogP contribution >= 0.6 is 34.8 Å². The molecule has 0 aromatic heterocycles. The monoisotopic (exact) mass is 448 g/mol. The van der Waals surface area contributed by atoms with Gasteiger partial charge in [0.15, 0.2) is 0 Å². The maximum Gasteiger partial charge on any atom is 0.243 e. The minimum Gasteiger partial charge on any atom is -0.355 e. The third kappa shape index (κ3) is 5.83. The first kappa shape index (κ1) is 22.0. The van der Waals surface area contributed by atoms with E-state index in [1.807, 2.05) is 6.92 Å². The van der Waals surface area contributed by atoms with Gasteiger partial charge in [-0.25, -0.2) is 8.42 Å². The maximum atomic E-state index is 13.1. The molecule has 2 rings (SSSR count). The van der Waals surface area contributed by atoms with Crippen LogP contribution in [0.4, 0.5) is 0 Å². The molecule has 9 heteroatoms. The van der Waals surface area contributed by atoms with Crippen molar-refractivity contribution in [1.82, 2.24) is 9.62 Å². The third-order valence-electron chi connectivity index (χ3n) is 3.74. The molecule has 1 N–H and O–H groups in total. The van der Waals surface area contributed by atoms with E-state index in [0.717, 1.165) is 10.7 Å². The second kappa shape index (κ2) is 9.75. The van der Waals surface area contributed by atoms with Gasteiger partial charge >= 0.3 is 0 Å². The smallest absolute Gasteiger partial charge is 0.243 e. The number of nitrogens with one attached hydrogen (secondary N) is 1. The van der Waals surface area contributed by atoms with E-state index in [1.54, 1.807) is 18.2 Å². The number of hydrogen-bond acceptors (Lipinski definition) is 3. The fourth-order valence-electron chi connectivity index (χ4n) is 2.32. The maximum absolute atomic E-state index is 13.1. The fourth-order valence-corrected chi connectivity index (χ4v) is 4.33. The first-order valence-electron chi connectivity index (χ1n) is 8.21. The van der Waals surface area contributed by atoms with Crippen LogP contribution in [0.2, 0.25) is 15.1 Å². The first-order chi connectivity index (χ1) is 12.8. The van der Waals surface area contributed by atoms with E-state index in [1.165, 1.54) is 24.3 Å². The van der Waals surface area contributed by atoms with Crippen LogP contribution < -0.4 is 5.32 Å². The van der Waals surface area contributed by atoms with Gasteiger partial charge in [-0.3, -0.25) is 4.79 Å². The standard InChI is InChI=1S/C18H19Cl3N2O3S/c1-2-10-22-18(24)12-23(11-15-16(20)4-3-5-17(15)21)27(25,26)14-8-6-13(19)7-9-14/h3-9H,2,10-12H2,1H3,(H,22,24). The Kier molecular flexibility index (Phi) is 7.94. The van der Waals surface area contributed by atoms with Crippen molar-refractivity contribution in [3.63, 3.8) is 0 Å². The summed E-state index contributed by atoms with van der Waals surface area (Å²) in [5.74, 6) is -0.405. The highest BCUT2D eigenvalue weighted by atomic mass is 35.5. The van der Waals surface area contributed by atoms with E-state index in [4.69, 9.17) is 34.8 Å². The SMILES string of the molecule is CCCNC(=O)CN(Cc1c(Cl)cccc1Cl)S(=O)(=O)c1ccc(Cl)cc1. The Morgan fingerprint density at radius 1 is 1.04 bits per heavy atom. The van der Waals surface area contributed by atoms with Gasteiger partial charge in [0.05, 0.1) is 11.4 Å². The Balaban J connectivity index is 2.39. The molecule has 0 radical (unpaired) electrons. The van der Waals surface area contributed by atoms with Crippen molar-refractivity contribution in [2.24, 2.45) is 0 Å². The average molecular weight is 450 g/mol. The lowest BCUT2D eigenvalue weighted by atomic mass is 10.2. The lowest BCUT2D eigenvalue weighted by Gasteiger charge is -2.23. The van der Waals surface area contributed by atoms with Crippen molar-refractivity contribution >= 4 is 50.7 Å². The van der Waals surface area contributed by atoms with Gasteiger partial charge in [0.2, 0.25) is 15.9 Å². The molecule has 27 heavy (non-hydrogen) atoms. The van der Waals surface area contributed by atoms with E-state index < -0.39 is 15.9 Å². The zero-order valence-corrected chi connectivity index (χ0v) is 17.7. The number of rotatable bonds is 8. The lowest BCUT2D eigenvalue weighted by molar-refractivity contribution is -0.121. The van der Waals surface area contributed by atoms with Gasteiger partial charge in [-0.2, -0.15) is 4.31 Å². The molecule has 0 heterocycles. The molecule has 0 saturated heterocycles. The molecule has 0 aliphatic heterocycles. The summed E-state index contributed by atoms with van der Waals surface area (Å²) < 4.78 is 27.2. The van der Waals surface area contributed by atoms with Crippen LogP contribution in [0.1, 0.15) is 18.9 Å². The van der Waals surface area contributed by atoms with Crippen molar-refractivity contribution < 1.29 is 13.2 Å². The van der Waals surface area contributed by atoms with Gasteiger partial charge in [-0.1, -0.05) is 47.8 Å². The topological polar surface area (TPSA) is 66.5 Å². The van der Waals surface area contributed by atoms with E-state index in [2.05, 4.69) is 5.32 Å². The number of amides is 1. The van der Waals surface area contributed by atoms with Crippen LogP contribution in [0.3, 0.4) is 0 Å². The van der Waals surface area contributed by atoms with Crippen molar-refractivity contribution in [1.29, 1.82) is 0 Å². The van der Waals surface area contributed by atoms with Gasteiger partial charge in [0.25, 0.3) is 0 Å². The zero-order valence-electron chi connectivity index (χ0n) is 14.6. The molecule has 0 aliphatic rings. The second-order valence-electron chi connectivity index (χ2n) is 5.78. The van der Waals surface area contributed by atoms with Gasteiger partial charge in [-0.05, 0) is 42.8 Å². The molecule has 2 aromatic rings. The van der Waals surface area contributed by atoms with Crippen LogP contribution in [-0.4, -0.2) is 31.7 Å². The molecule has 0 unspecified atom stereocenters. The Bertz CT molecular complexity index is 882. The molecule has 0 saturated carbocycles. The summed E-state index contributed by atoms with van der Waals surface area (Å²) in [6.45, 7) is 1.88. The number of hydrogen-bond donors (Lipinski definition) is 1. The Labute approximate surface area is 174 Å². The van der Waals surface area contributed by atoms with Crippen molar-refractivity contribution in [3.8, 4) is 0 Å². The van der Waals surface area contributed by atoms with Crippen molar-refractivity contribution in [2.45, 2.75) is 24.8 Å². The van der Waals surface area contributed by atoms with Crippen LogP contribution in [0.5, 0.6) is 0 Å². The molecular weight excluding hydrogens is 431 g/mol. The summed E-state index contributed by atoms with van der Waals surface area (Å²) in [7, 11) is -3.97. The normalized spacial score (nSPS) is 11.6. The summed E-state index contributed by atoms with van der Waals surface area (Å²) >= 11 is 18.2. The highest BCUT2D eigenvalue weighted by molar-refractivity contribution is 7.89. The molecule has 2 aromatic carbocycles. The van der Waals surface area contributed by atoms with Crippen LogP contribution in [-0.2, 0) is 21.4 Å². The van der Waals surface area contributed by atoms with Crippen molar-refractivity contribution in [2.75, 3.05) is 13.1 Å². The van der Waals surface area contributed by atoms with Gasteiger partial charge in [0, 0.05) is 33.7 Å². The summed E-state index contributed by atoms with van der Waals surface area (Å²) in [6, 6.07) is 10.6. The Morgan fingerprint density at radius 2 is 1.63 bits per heavy atom. The minimum atomic E-state index is -3.97. The number of carbonyl (C=O) groups excluding carboxylic acids is 1. The molecule has 0 atom stereocenters. The summed E-state index contributed by atoms with van der Waals surface area (Å²) in [5, 5.41) is 3.74. The molecule has 146 valence electrons. The van der Waals surface area contributed by atoms with Gasteiger partial charge in [0.1, 0.15) is 0 Å². The molecule has 0 fully saturated rings. The number of sulfonamides is 1. The van der Waals surface area contributed by atoms with Gasteiger partial charge < -0.3 is 5.32 Å². The van der Waals surface area contributed by atoms with E-state index in [0.29, 0.717) is 27.2 Å². The lowest BCUT2D eigenvalue weighted by Crippen LogP contribution is -2.40. The number of benzene rings is 2. The molecule has 0 aliphatic carbocycles. The van der Waals surface area contributed by atoms with Crippen molar-refractivity contribution in [3.05, 3.63) is 63.1 Å². The predicted octanol–water partition coefficient (Wildman–Crippen LogP) is 4.36. The summed E-state index contributed by atoms with van der Waals surface area (Å²) in [6.07, 6.45) is 0.742. The van der Waals surface area contributed by atoms with Crippen LogP contribution in [0, 0.1) is 0 Å². The fraction of sp³-hybridized carbons (Fsp3) is 0.278. The highest BCUT2D eigenvalue weighted by Gasteiger charge is 2.28. The Hall–Kier alpha value is -1.31. The third-order valence-corrected chi connectivity index (χ3v) is 6.51. The predicted molar refractivity (Wildman–Crippen MR) is 109 cm³/mol. The van der Waals surface area contributed by atoms with Gasteiger partial charge in [-0.15, -0.1) is 0 Å². The second-order valence-corrected chi connectivity index (χ2v) is 8.97.